The van der Waals surface area contributed by atoms with Gasteiger partial charge >= 0.3 is 19.5 Å². The van der Waals surface area contributed by atoms with Crippen LogP contribution in [0, 0.1) is 5.92 Å². The van der Waals surface area contributed by atoms with E-state index >= 15 is 0 Å². The van der Waals surface area contributed by atoms with E-state index in [1.165, 1.54) is 0 Å². The summed E-state index contributed by atoms with van der Waals surface area (Å²) in [5, 5.41) is 21.1. The van der Waals surface area contributed by atoms with E-state index < -0.39 is 73.2 Å². The summed E-state index contributed by atoms with van der Waals surface area (Å²) in [4.78, 5) is 64.6. The zero-order chi connectivity index (χ0) is 22.9. The molecule has 0 aliphatic rings. The average Bonchev–Trinajstić information content (AvgIpc) is 2.60. The third kappa shape index (κ3) is 10.6. The number of amides is 2. The molecule has 12 nitrogen and oxygen atoms in total. The predicted octanol–water partition coefficient (Wildman–Crippen LogP) is -1.25. The van der Waals surface area contributed by atoms with Crippen molar-refractivity contribution in [2.45, 2.75) is 56.5 Å². The molecule has 29 heavy (non-hydrogen) atoms. The highest BCUT2D eigenvalue weighted by Crippen LogP contribution is 2.35. The van der Waals surface area contributed by atoms with Gasteiger partial charge in [0.15, 0.2) is 0 Å². The minimum Gasteiger partial charge on any atom is -0.481 e. The minimum atomic E-state index is -4.30. The van der Waals surface area contributed by atoms with Crippen molar-refractivity contribution in [1.82, 2.24) is 10.6 Å². The lowest BCUT2D eigenvalue weighted by molar-refractivity contribution is -0.147. The second-order valence-corrected chi connectivity index (χ2v) is 8.99. The van der Waals surface area contributed by atoms with E-state index in [4.69, 9.17) is 25.7 Å². The van der Waals surface area contributed by atoms with Crippen LogP contribution in [-0.2, 0) is 23.7 Å². The van der Waals surface area contributed by atoms with Crippen LogP contribution in [0.1, 0.15) is 33.1 Å². The van der Waals surface area contributed by atoms with E-state index in [0.29, 0.717) is 6.42 Å². The zero-order valence-electron chi connectivity index (χ0n) is 16.0. The molecule has 0 radical (unpaired) electrons. The number of carboxylic acid groups (broad SMARTS) is 2. The summed E-state index contributed by atoms with van der Waals surface area (Å²) < 4.78 is 10.9. The number of nitrogens with two attached hydrogens (primary N) is 1. The first-order valence-corrected chi connectivity index (χ1v) is 11.0. The van der Waals surface area contributed by atoms with Gasteiger partial charge in [-0.25, -0.2) is 4.79 Å². The van der Waals surface area contributed by atoms with Crippen molar-refractivity contribution in [3.05, 3.63) is 0 Å². The number of nitrogens with one attached hydrogen (secondary N) is 2. The van der Waals surface area contributed by atoms with Gasteiger partial charge in [0.05, 0.1) is 17.8 Å². The molecule has 0 rings (SSSR count). The van der Waals surface area contributed by atoms with Crippen LogP contribution in [0.4, 0.5) is 0 Å². The van der Waals surface area contributed by atoms with Crippen molar-refractivity contribution in [3.63, 3.8) is 0 Å². The highest BCUT2D eigenvalue weighted by molar-refractivity contribution is 7.81. The van der Waals surface area contributed by atoms with Crippen molar-refractivity contribution < 1.29 is 43.7 Å². The molecule has 0 saturated carbocycles. The average molecular weight is 457 g/mol. The lowest BCUT2D eigenvalue weighted by Crippen LogP contribution is -2.57. The summed E-state index contributed by atoms with van der Waals surface area (Å²) in [7, 11) is -4.30. The molecule has 0 aliphatic carbocycles. The molecule has 168 valence electrons. The van der Waals surface area contributed by atoms with Crippen LogP contribution in [0.25, 0.3) is 0 Å². The van der Waals surface area contributed by atoms with Crippen molar-refractivity contribution in [3.8, 4) is 0 Å². The summed E-state index contributed by atoms with van der Waals surface area (Å²) in [6.07, 6.45) is -1.14. The van der Waals surface area contributed by atoms with Gasteiger partial charge in [0.1, 0.15) is 12.1 Å². The number of thiol groups is 1. The van der Waals surface area contributed by atoms with Crippen LogP contribution in [0.5, 0.6) is 0 Å². The van der Waals surface area contributed by atoms with E-state index in [9.17, 15) is 23.7 Å². The topological polar surface area (TPSA) is 216 Å². The smallest absolute Gasteiger partial charge is 0.326 e. The second-order valence-electron chi connectivity index (χ2n) is 6.65. The zero-order valence-corrected chi connectivity index (χ0v) is 17.8. The maximum Gasteiger partial charge on any atom is 0.326 e. The van der Waals surface area contributed by atoms with Gasteiger partial charge in [-0.1, -0.05) is 20.3 Å². The number of rotatable bonds is 13. The Bertz CT molecular complexity index is 657. The van der Waals surface area contributed by atoms with E-state index in [1.807, 2.05) is 0 Å². The Morgan fingerprint density at radius 3 is 2.07 bits per heavy atom. The summed E-state index contributed by atoms with van der Waals surface area (Å²) in [5.41, 5.74) is 5.74. The molecular weight excluding hydrogens is 429 g/mol. The molecule has 2 amide bonds. The van der Waals surface area contributed by atoms with Crippen LogP contribution >= 0.6 is 20.2 Å². The van der Waals surface area contributed by atoms with Gasteiger partial charge in [0.25, 0.3) is 0 Å². The molecule has 0 spiro atoms. The van der Waals surface area contributed by atoms with Crippen molar-refractivity contribution in [2.24, 2.45) is 11.7 Å². The van der Waals surface area contributed by atoms with Crippen LogP contribution in [0.3, 0.4) is 0 Å². The molecule has 0 aromatic heterocycles. The number of hydrogen-bond donors (Lipinski definition) is 8. The minimum absolute atomic E-state index is 0.189. The Labute approximate surface area is 173 Å². The molecule has 0 unspecified atom stereocenters. The van der Waals surface area contributed by atoms with E-state index in [1.54, 1.807) is 13.8 Å². The SMILES string of the molecule is CC[C@H](C)[C@H](NC(=O)[C@H](S)[C@H](N)CCP(=O)(O)O)C(=O)N[C@@H](CC(=O)O)C(=O)O. The second kappa shape index (κ2) is 12.1. The summed E-state index contributed by atoms with van der Waals surface area (Å²) in [5.74, 6) is -5.07. The van der Waals surface area contributed by atoms with Crippen LogP contribution in [0.2, 0.25) is 0 Å². The molecule has 0 aromatic carbocycles. The predicted molar refractivity (Wildman–Crippen MR) is 105 cm³/mol. The lowest BCUT2D eigenvalue weighted by Gasteiger charge is -2.27. The van der Waals surface area contributed by atoms with E-state index in [-0.39, 0.29) is 6.42 Å². The van der Waals surface area contributed by atoms with Crippen molar-refractivity contribution in [1.29, 1.82) is 0 Å². The number of carbonyl (C=O) groups excluding carboxylic acids is 2. The van der Waals surface area contributed by atoms with Gasteiger partial charge < -0.3 is 36.4 Å². The first kappa shape index (κ1) is 27.3. The molecule has 14 heteroatoms. The summed E-state index contributed by atoms with van der Waals surface area (Å²) in [6, 6.07) is -3.88. The van der Waals surface area contributed by atoms with Gasteiger partial charge in [-0.15, -0.1) is 0 Å². The Morgan fingerprint density at radius 1 is 1.10 bits per heavy atom. The Balaban J connectivity index is 5.20. The summed E-state index contributed by atoms with van der Waals surface area (Å²) in [6.45, 7) is 3.35. The third-order valence-electron chi connectivity index (χ3n) is 4.21. The molecule has 0 heterocycles. The number of aliphatic carboxylic acids is 2. The Hall–Kier alpha value is -1.66. The van der Waals surface area contributed by atoms with E-state index in [0.717, 1.165) is 0 Å². The maximum absolute atomic E-state index is 12.5. The fraction of sp³-hybridized carbons (Fsp3) is 0.733. The number of hydrogen-bond acceptors (Lipinski definition) is 7. The molecule has 0 aromatic rings. The number of carbonyl (C=O) groups is 4. The standard InChI is InChI=1S/C15H28N3O9PS/c1-3-7(2)11(13(21)17-9(15(23)24)6-10(19)20)18-14(22)12(29)8(16)4-5-28(25,26)27/h7-9,11-12,29H,3-6,16H2,1-2H3,(H,17,21)(H,18,22)(H,19,20)(H,23,24)(H2,25,26,27)/t7-,8+,9-,11-,12+/m0/s1. The maximum atomic E-state index is 12.5. The molecule has 8 N–H and O–H groups in total. The third-order valence-corrected chi connectivity index (χ3v) is 5.67. The quantitative estimate of drug-likeness (QED) is 0.121. The van der Waals surface area contributed by atoms with Gasteiger partial charge in [-0.05, 0) is 12.3 Å². The van der Waals surface area contributed by atoms with Gasteiger partial charge in [0, 0.05) is 6.04 Å². The van der Waals surface area contributed by atoms with Crippen molar-refractivity contribution >= 4 is 44.0 Å². The largest absolute Gasteiger partial charge is 0.481 e. The van der Waals surface area contributed by atoms with Gasteiger partial charge in [0.2, 0.25) is 11.8 Å². The van der Waals surface area contributed by atoms with Gasteiger partial charge in [-0.3, -0.25) is 18.9 Å². The van der Waals surface area contributed by atoms with Crippen LogP contribution in [0.15, 0.2) is 0 Å². The first-order chi connectivity index (χ1) is 13.2. The monoisotopic (exact) mass is 457 g/mol. The fourth-order valence-electron chi connectivity index (χ4n) is 2.25. The molecule has 5 atom stereocenters. The molecular formula is C15H28N3O9PS. The van der Waals surface area contributed by atoms with Gasteiger partial charge in [-0.2, -0.15) is 12.6 Å². The van der Waals surface area contributed by atoms with Crippen molar-refractivity contribution in [2.75, 3.05) is 6.16 Å². The molecule has 0 aliphatic heterocycles. The molecule has 0 bridgehead atoms. The molecule has 0 fully saturated rings. The summed E-state index contributed by atoms with van der Waals surface area (Å²) >= 11 is 4.04. The highest BCUT2D eigenvalue weighted by atomic mass is 32.1. The lowest BCUT2D eigenvalue weighted by atomic mass is 9.97. The van der Waals surface area contributed by atoms with Crippen LogP contribution < -0.4 is 16.4 Å². The fourth-order valence-corrected chi connectivity index (χ4v) is 3.10. The Morgan fingerprint density at radius 2 is 1.66 bits per heavy atom. The van der Waals surface area contributed by atoms with Crippen LogP contribution in [-0.4, -0.2) is 73.3 Å². The first-order valence-electron chi connectivity index (χ1n) is 8.73. The molecule has 0 saturated heterocycles. The van der Waals surface area contributed by atoms with E-state index in [2.05, 4.69) is 23.3 Å². The normalized spacial score (nSPS) is 16.8. The number of carboxylic acids is 2. The highest BCUT2D eigenvalue weighted by Gasteiger charge is 2.33. The Kier molecular flexibility index (Phi) is 11.4.